The second kappa shape index (κ2) is 7.74. The zero-order valence-electron chi connectivity index (χ0n) is 12.4. The fraction of sp³-hybridized carbons (Fsp3) is 0.0526. The van der Waals surface area contributed by atoms with Crippen LogP contribution in [0.25, 0.3) is 0 Å². The number of nitrogens with two attached hydrogens (primary N) is 3. The van der Waals surface area contributed by atoms with E-state index in [1.54, 1.807) is 0 Å². The summed E-state index contributed by atoms with van der Waals surface area (Å²) in [6.07, 6.45) is 0.791. The molecule has 0 unspecified atom stereocenters. The average molecular weight is 291 g/mol. The van der Waals surface area contributed by atoms with E-state index in [2.05, 4.69) is 0 Å². The molecule has 3 heteroatoms. The fourth-order valence-electron chi connectivity index (χ4n) is 2.05. The van der Waals surface area contributed by atoms with E-state index in [1.165, 1.54) is 0 Å². The molecule has 3 nitrogen and oxygen atoms in total. The molecule has 0 spiro atoms. The molecule has 0 radical (unpaired) electrons. The van der Waals surface area contributed by atoms with Crippen LogP contribution in [0.4, 0.5) is 17.1 Å². The Morgan fingerprint density at radius 1 is 0.500 bits per heavy atom. The van der Waals surface area contributed by atoms with Crippen LogP contribution in [-0.4, -0.2) is 0 Å². The monoisotopic (exact) mass is 291 g/mol. The van der Waals surface area contributed by atoms with Crippen LogP contribution in [0.5, 0.6) is 0 Å². The van der Waals surface area contributed by atoms with Crippen molar-refractivity contribution >= 4 is 17.1 Å². The van der Waals surface area contributed by atoms with Gasteiger partial charge in [-0.15, -0.1) is 0 Å². The zero-order valence-corrected chi connectivity index (χ0v) is 12.4. The number of anilines is 3. The second-order valence-corrected chi connectivity index (χ2v) is 4.99. The van der Waals surface area contributed by atoms with Crippen LogP contribution in [0.3, 0.4) is 0 Å². The summed E-state index contributed by atoms with van der Waals surface area (Å²) in [7, 11) is 0. The van der Waals surface area contributed by atoms with Crippen LogP contribution in [0.1, 0.15) is 11.1 Å². The Morgan fingerprint density at radius 3 is 1.27 bits per heavy atom. The molecular formula is C19H21N3. The Hall–Kier alpha value is -2.94. The first-order valence-electron chi connectivity index (χ1n) is 7.14. The molecule has 6 N–H and O–H groups in total. The molecule has 22 heavy (non-hydrogen) atoms. The highest BCUT2D eigenvalue weighted by atomic mass is 14.6. The SMILES string of the molecule is Nc1ccccc1.Nc1ccccc1Cc1ccccc1N. The standard InChI is InChI=1S/C13H14N2.C6H7N/c14-12-7-3-1-5-10(12)9-11-6-2-4-8-13(11)15;7-6-4-2-1-3-5-6/h1-8H,9,14-15H2;1-5H,7H2. The van der Waals surface area contributed by atoms with E-state index >= 15 is 0 Å². The lowest BCUT2D eigenvalue weighted by Crippen LogP contribution is -1.98. The number of hydrogen-bond donors (Lipinski definition) is 3. The van der Waals surface area contributed by atoms with Crippen molar-refractivity contribution in [3.63, 3.8) is 0 Å². The molecule has 3 aromatic carbocycles. The van der Waals surface area contributed by atoms with Gasteiger partial charge in [-0.3, -0.25) is 0 Å². The van der Waals surface area contributed by atoms with E-state index in [9.17, 15) is 0 Å². The van der Waals surface area contributed by atoms with Gasteiger partial charge in [-0.05, 0) is 35.4 Å². The molecule has 0 saturated heterocycles. The molecule has 0 heterocycles. The lowest BCUT2D eigenvalue weighted by Gasteiger charge is -2.07. The van der Waals surface area contributed by atoms with Gasteiger partial charge in [0.2, 0.25) is 0 Å². The van der Waals surface area contributed by atoms with Crippen molar-refractivity contribution in [2.24, 2.45) is 0 Å². The van der Waals surface area contributed by atoms with Gasteiger partial charge in [0.15, 0.2) is 0 Å². The van der Waals surface area contributed by atoms with Crippen LogP contribution < -0.4 is 17.2 Å². The van der Waals surface area contributed by atoms with Gasteiger partial charge in [0, 0.05) is 23.5 Å². The molecule has 112 valence electrons. The minimum absolute atomic E-state index is 0.791. The topological polar surface area (TPSA) is 78.1 Å². The third-order valence-electron chi connectivity index (χ3n) is 3.29. The van der Waals surface area contributed by atoms with Gasteiger partial charge in [-0.1, -0.05) is 54.6 Å². The summed E-state index contributed by atoms with van der Waals surface area (Å²) in [5.74, 6) is 0. The Kier molecular flexibility index (Phi) is 5.44. The normalized spacial score (nSPS) is 9.64. The second-order valence-electron chi connectivity index (χ2n) is 4.99. The summed E-state index contributed by atoms with van der Waals surface area (Å²) < 4.78 is 0. The van der Waals surface area contributed by atoms with E-state index in [-0.39, 0.29) is 0 Å². The van der Waals surface area contributed by atoms with E-state index in [0.29, 0.717) is 0 Å². The minimum Gasteiger partial charge on any atom is -0.399 e. The van der Waals surface area contributed by atoms with Crippen molar-refractivity contribution in [3.05, 3.63) is 90.0 Å². The molecule has 0 amide bonds. The molecule has 0 aliphatic heterocycles. The fourth-order valence-corrected chi connectivity index (χ4v) is 2.05. The summed E-state index contributed by atoms with van der Waals surface area (Å²) in [6.45, 7) is 0. The molecule has 0 fully saturated rings. The largest absolute Gasteiger partial charge is 0.399 e. The summed E-state index contributed by atoms with van der Waals surface area (Å²) in [5.41, 5.74) is 21.8. The van der Waals surface area contributed by atoms with Crippen molar-refractivity contribution in [2.75, 3.05) is 17.2 Å². The summed E-state index contributed by atoms with van der Waals surface area (Å²) in [6, 6.07) is 25.2. The third-order valence-corrected chi connectivity index (χ3v) is 3.29. The first kappa shape index (κ1) is 15.4. The van der Waals surface area contributed by atoms with Gasteiger partial charge >= 0.3 is 0 Å². The maximum atomic E-state index is 5.88. The summed E-state index contributed by atoms with van der Waals surface area (Å²) in [4.78, 5) is 0. The molecule has 3 rings (SSSR count). The van der Waals surface area contributed by atoms with Gasteiger partial charge in [0.25, 0.3) is 0 Å². The smallest absolute Gasteiger partial charge is 0.0349 e. The number of hydrogen-bond acceptors (Lipinski definition) is 3. The zero-order chi connectivity index (χ0) is 15.8. The molecule has 0 aromatic heterocycles. The number of para-hydroxylation sites is 3. The molecule has 3 aromatic rings. The highest BCUT2D eigenvalue weighted by Crippen LogP contribution is 2.19. The van der Waals surface area contributed by atoms with Crippen LogP contribution in [0.2, 0.25) is 0 Å². The first-order chi connectivity index (χ1) is 10.7. The Morgan fingerprint density at radius 2 is 0.909 bits per heavy atom. The lowest BCUT2D eigenvalue weighted by molar-refractivity contribution is 1.20. The van der Waals surface area contributed by atoms with Gasteiger partial charge in [0.05, 0.1) is 0 Å². The molecule has 0 aliphatic rings. The lowest BCUT2D eigenvalue weighted by atomic mass is 10.0. The van der Waals surface area contributed by atoms with E-state index in [4.69, 9.17) is 17.2 Å². The van der Waals surface area contributed by atoms with Crippen LogP contribution >= 0.6 is 0 Å². The predicted octanol–water partition coefficient (Wildman–Crippen LogP) is 3.71. The van der Waals surface area contributed by atoms with Crippen molar-refractivity contribution in [1.29, 1.82) is 0 Å². The van der Waals surface area contributed by atoms with E-state index < -0.39 is 0 Å². The maximum Gasteiger partial charge on any atom is 0.0349 e. The Balaban J connectivity index is 0.000000211. The van der Waals surface area contributed by atoms with Crippen molar-refractivity contribution in [3.8, 4) is 0 Å². The van der Waals surface area contributed by atoms with Crippen molar-refractivity contribution in [2.45, 2.75) is 6.42 Å². The quantitative estimate of drug-likeness (QED) is 0.630. The number of rotatable bonds is 2. The maximum absolute atomic E-state index is 5.88. The minimum atomic E-state index is 0.791. The highest BCUT2D eigenvalue weighted by molar-refractivity contribution is 5.53. The van der Waals surface area contributed by atoms with E-state index in [0.717, 1.165) is 34.6 Å². The Labute approximate surface area is 131 Å². The predicted molar refractivity (Wildman–Crippen MR) is 95.4 cm³/mol. The van der Waals surface area contributed by atoms with Gasteiger partial charge < -0.3 is 17.2 Å². The first-order valence-corrected chi connectivity index (χ1v) is 7.14. The molecule has 0 aliphatic carbocycles. The van der Waals surface area contributed by atoms with Crippen LogP contribution in [0.15, 0.2) is 78.9 Å². The van der Waals surface area contributed by atoms with Crippen molar-refractivity contribution in [1.82, 2.24) is 0 Å². The van der Waals surface area contributed by atoms with E-state index in [1.807, 2.05) is 78.9 Å². The highest BCUT2D eigenvalue weighted by Gasteiger charge is 2.02. The molecular weight excluding hydrogens is 270 g/mol. The van der Waals surface area contributed by atoms with Crippen LogP contribution in [-0.2, 0) is 6.42 Å². The van der Waals surface area contributed by atoms with Crippen LogP contribution in [0, 0.1) is 0 Å². The summed E-state index contributed by atoms with van der Waals surface area (Å²) in [5, 5.41) is 0. The molecule has 0 saturated carbocycles. The molecule has 0 bridgehead atoms. The molecule has 0 atom stereocenters. The third kappa shape index (κ3) is 4.56. The Bertz CT molecular complexity index is 665. The van der Waals surface area contributed by atoms with Gasteiger partial charge in [0.1, 0.15) is 0 Å². The number of benzene rings is 3. The average Bonchev–Trinajstić information content (AvgIpc) is 2.53. The summed E-state index contributed by atoms with van der Waals surface area (Å²) >= 11 is 0. The van der Waals surface area contributed by atoms with Crippen molar-refractivity contribution < 1.29 is 0 Å². The number of nitrogen functional groups attached to an aromatic ring is 3. The van der Waals surface area contributed by atoms with Gasteiger partial charge in [-0.2, -0.15) is 0 Å². The van der Waals surface area contributed by atoms with Gasteiger partial charge in [-0.25, -0.2) is 0 Å².